The van der Waals surface area contributed by atoms with E-state index in [1.807, 2.05) is 52.0 Å². The SMILES string of the molecule is CCCCNC(=O)[C@@H](C)N(Cc1ccc(C)cc1)C(=O)CN(c1ccc(C)c(Cl)c1)S(=O)(=O)c1ccc(C)cc1. The number of hydrogen-bond acceptors (Lipinski definition) is 4. The second-order valence-electron chi connectivity index (χ2n) is 10.1. The van der Waals surface area contributed by atoms with E-state index in [1.54, 1.807) is 37.3 Å². The Morgan fingerprint density at radius 3 is 2.10 bits per heavy atom. The lowest BCUT2D eigenvalue weighted by Gasteiger charge is -2.32. The lowest BCUT2D eigenvalue weighted by molar-refractivity contribution is -0.139. The minimum atomic E-state index is -4.14. The number of rotatable bonds is 12. The summed E-state index contributed by atoms with van der Waals surface area (Å²) in [5, 5.41) is 3.28. The van der Waals surface area contributed by atoms with Crippen LogP contribution in [0.3, 0.4) is 0 Å². The molecule has 0 heterocycles. The summed E-state index contributed by atoms with van der Waals surface area (Å²) in [4.78, 5) is 28.5. The van der Waals surface area contributed by atoms with Crippen molar-refractivity contribution in [3.05, 3.63) is 94.0 Å². The van der Waals surface area contributed by atoms with Crippen LogP contribution < -0.4 is 9.62 Å². The summed E-state index contributed by atoms with van der Waals surface area (Å²) >= 11 is 6.38. The van der Waals surface area contributed by atoms with Crippen molar-refractivity contribution in [3.8, 4) is 0 Å². The lowest BCUT2D eigenvalue weighted by Crippen LogP contribution is -2.51. The topological polar surface area (TPSA) is 86.8 Å². The fourth-order valence-corrected chi connectivity index (χ4v) is 5.69. The van der Waals surface area contributed by atoms with Crippen molar-refractivity contribution < 1.29 is 18.0 Å². The summed E-state index contributed by atoms with van der Waals surface area (Å²) in [5.41, 5.74) is 3.85. The summed E-state index contributed by atoms with van der Waals surface area (Å²) in [5.74, 6) is -0.800. The number of benzene rings is 3. The number of carbonyl (C=O) groups excluding carboxylic acids is 2. The largest absolute Gasteiger partial charge is 0.354 e. The van der Waals surface area contributed by atoms with Gasteiger partial charge in [0, 0.05) is 18.1 Å². The molecular formula is C31H38ClN3O4S. The van der Waals surface area contributed by atoms with E-state index in [4.69, 9.17) is 11.6 Å². The third kappa shape index (κ3) is 7.86. The molecule has 0 bridgehead atoms. The summed E-state index contributed by atoms with van der Waals surface area (Å²) < 4.78 is 28.9. The fourth-order valence-electron chi connectivity index (χ4n) is 4.11. The molecule has 0 radical (unpaired) electrons. The first kappa shape index (κ1) is 31.2. The summed E-state index contributed by atoms with van der Waals surface area (Å²) in [6, 6.07) is 18.2. The maximum Gasteiger partial charge on any atom is 0.264 e. The molecule has 3 rings (SSSR count). The zero-order valence-corrected chi connectivity index (χ0v) is 25.3. The van der Waals surface area contributed by atoms with E-state index in [0.29, 0.717) is 11.6 Å². The van der Waals surface area contributed by atoms with E-state index >= 15 is 0 Å². The molecule has 9 heteroatoms. The molecule has 2 amide bonds. The quantitative estimate of drug-likeness (QED) is 0.273. The number of nitrogens with zero attached hydrogens (tertiary/aromatic N) is 2. The van der Waals surface area contributed by atoms with Crippen molar-refractivity contribution in [1.29, 1.82) is 0 Å². The molecule has 214 valence electrons. The Morgan fingerprint density at radius 1 is 0.925 bits per heavy atom. The summed E-state index contributed by atoms with van der Waals surface area (Å²) in [6.45, 7) is 9.49. The van der Waals surface area contributed by atoms with Gasteiger partial charge >= 0.3 is 0 Å². The van der Waals surface area contributed by atoms with Gasteiger partial charge in [-0.15, -0.1) is 0 Å². The predicted octanol–water partition coefficient (Wildman–Crippen LogP) is 5.79. The molecule has 3 aromatic carbocycles. The average molecular weight is 584 g/mol. The van der Waals surface area contributed by atoms with Crippen molar-refractivity contribution in [1.82, 2.24) is 10.2 Å². The number of hydrogen-bond donors (Lipinski definition) is 1. The Kier molecular flexibility index (Phi) is 10.8. The molecule has 0 saturated carbocycles. The van der Waals surface area contributed by atoms with Crippen LogP contribution in [0.15, 0.2) is 71.6 Å². The molecule has 1 N–H and O–H groups in total. The highest BCUT2D eigenvalue weighted by Gasteiger charge is 2.32. The monoisotopic (exact) mass is 583 g/mol. The van der Waals surface area contributed by atoms with Crippen LogP contribution in [0.2, 0.25) is 5.02 Å². The van der Waals surface area contributed by atoms with Gasteiger partial charge in [-0.3, -0.25) is 13.9 Å². The van der Waals surface area contributed by atoms with Crippen LogP contribution in [0.25, 0.3) is 0 Å². The van der Waals surface area contributed by atoms with Gasteiger partial charge in [0.2, 0.25) is 11.8 Å². The first-order valence-electron chi connectivity index (χ1n) is 13.4. The van der Waals surface area contributed by atoms with Gasteiger partial charge in [-0.05, 0) is 69.5 Å². The molecule has 0 saturated heterocycles. The Balaban J connectivity index is 2.02. The molecule has 0 aromatic heterocycles. The maximum atomic E-state index is 14.0. The van der Waals surface area contributed by atoms with Crippen LogP contribution in [0.4, 0.5) is 5.69 Å². The Hall–Kier alpha value is -3.36. The fraction of sp³-hybridized carbons (Fsp3) is 0.355. The first-order valence-corrected chi connectivity index (χ1v) is 15.2. The molecule has 7 nitrogen and oxygen atoms in total. The van der Waals surface area contributed by atoms with Crippen molar-refractivity contribution in [2.75, 3.05) is 17.4 Å². The van der Waals surface area contributed by atoms with Crippen LogP contribution in [0.1, 0.15) is 48.9 Å². The molecule has 3 aromatic rings. The van der Waals surface area contributed by atoms with Crippen LogP contribution in [0.5, 0.6) is 0 Å². The van der Waals surface area contributed by atoms with E-state index < -0.39 is 28.5 Å². The zero-order valence-electron chi connectivity index (χ0n) is 23.8. The van der Waals surface area contributed by atoms with Crippen molar-refractivity contribution in [2.24, 2.45) is 0 Å². The Morgan fingerprint density at radius 2 is 1.52 bits per heavy atom. The van der Waals surface area contributed by atoms with Gasteiger partial charge in [0.1, 0.15) is 12.6 Å². The molecule has 40 heavy (non-hydrogen) atoms. The van der Waals surface area contributed by atoms with Crippen molar-refractivity contribution in [3.63, 3.8) is 0 Å². The van der Waals surface area contributed by atoms with Crippen LogP contribution in [-0.2, 0) is 26.2 Å². The first-order chi connectivity index (χ1) is 18.9. The third-order valence-corrected chi connectivity index (χ3v) is 9.00. The summed E-state index contributed by atoms with van der Waals surface area (Å²) in [6.07, 6.45) is 1.74. The smallest absolute Gasteiger partial charge is 0.264 e. The number of carbonyl (C=O) groups is 2. The predicted molar refractivity (Wildman–Crippen MR) is 161 cm³/mol. The molecule has 0 fully saturated rings. The number of amides is 2. The van der Waals surface area contributed by atoms with Gasteiger partial charge in [-0.25, -0.2) is 8.42 Å². The van der Waals surface area contributed by atoms with E-state index in [1.165, 1.54) is 17.0 Å². The van der Waals surface area contributed by atoms with Crippen LogP contribution in [-0.4, -0.2) is 44.3 Å². The number of anilines is 1. The van der Waals surface area contributed by atoms with Crippen molar-refractivity contribution >= 4 is 39.1 Å². The maximum absolute atomic E-state index is 14.0. The average Bonchev–Trinajstić information content (AvgIpc) is 2.92. The second-order valence-corrected chi connectivity index (χ2v) is 12.4. The third-order valence-electron chi connectivity index (χ3n) is 6.80. The lowest BCUT2D eigenvalue weighted by atomic mass is 10.1. The van der Waals surface area contributed by atoms with E-state index in [2.05, 4.69) is 5.32 Å². The highest BCUT2D eigenvalue weighted by Crippen LogP contribution is 2.28. The minimum Gasteiger partial charge on any atom is -0.354 e. The number of halogens is 1. The highest BCUT2D eigenvalue weighted by atomic mass is 35.5. The zero-order chi connectivity index (χ0) is 29.4. The Bertz CT molecular complexity index is 1420. The number of unbranched alkanes of at least 4 members (excludes halogenated alkanes) is 1. The molecule has 1 atom stereocenters. The summed E-state index contributed by atoms with van der Waals surface area (Å²) in [7, 11) is -4.14. The van der Waals surface area contributed by atoms with Gasteiger partial charge in [-0.1, -0.05) is 78.5 Å². The van der Waals surface area contributed by atoms with Gasteiger partial charge in [0.15, 0.2) is 0 Å². The molecule has 0 aliphatic carbocycles. The van der Waals surface area contributed by atoms with Gasteiger partial charge in [-0.2, -0.15) is 0 Å². The Labute approximate surface area is 243 Å². The standard InChI is InChI=1S/C31H38ClN3O4S/c1-6-7-18-33-31(37)25(5)34(20-26-13-8-22(2)9-14-26)30(36)21-35(27-15-12-24(4)29(32)19-27)40(38,39)28-16-10-23(3)11-17-28/h8-17,19,25H,6-7,18,20-21H2,1-5H3,(H,33,37)/t25-/m1/s1. The molecule has 0 unspecified atom stereocenters. The number of nitrogens with one attached hydrogen (secondary N) is 1. The highest BCUT2D eigenvalue weighted by molar-refractivity contribution is 7.92. The minimum absolute atomic E-state index is 0.0537. The second kappa shape index (κ2) is 13.8. The number of aryl methyl sites for hydroxylation is 3. The van der Waals surface area contributed by atoms with Crippen LogP contribution in [0, 0.1) is 20.8 Å². The van der Waals surface area contributed by atoms with Crippen molar-refractivity contribution in [2.45, 2.75) is 64.9 Å². The van der Waals surface area contributed by atoms with Gasteiger partial charge in [0.05, 0.1) is 10.6 Å². The van der Waals surface area contributed by atoms with E-state index in [0.717, 1.165) is 39.4 Å². The molecular weight excluding hydrogens is 546 g/mol. The van der Waals surface area contributed by atoms with Crippen LogP contribution >= 0.6 is 11.6 Å². The van der Waals surface area contributed by atoms with Gasteiger partial charge < -0.3 is 10.2 Å². The molecule has 0 aliphatic heterocycles. The number of sulfonamides is 1. The van der Waals surface area contributed by atoms with Gasteiger partial charge in [0.25, 0.3) is 10.0 Å². The molecule has 0 spiro atoms. The normalized spacial score (nSPS) is 12.1. The van der Waals surface area contributed by atoms with E-state index in [9.17, 15) is 18.0 Å². The molecule has 0 aliphatic rings. The van der Waals surface area contributed by atoms with E-state index in [-0.39, 0.29) is 23.0 Å².